The first-order valence-corrected chi connectivity index (χ1v) is 16.9. The zero-order valence-corrected chi connectivity index (χ0v) is 28.7. The molecule has 4 aliphatic rings. The first-order valence-electron chi connectivity index (χ1n) is 16.2. The molecule has 2 saturated heterocycles. The minimum atomic E-state index is -1.49. The molecule has 2 aromatic rings. The van der Waals surface area contributed by atoms with Crippen molar-refractivity contribution in [2.75, 3.05) is 38.3 Å². The number of carbonyl (C=O) groups is 4. The molecule has 48 heavy (non-hydrogen) atoms. The lowest BCUT2D eigenvalue weighted by Gasteiger charge is -2.36. The summed E-state index contributed by atoms with van der Waals surface area (Å²) in [5.74, 6) is -4.04. The molecule has 0 aromatic heterocycles. The Kier molecular flexibility index (Phi) is 9.89. The number of nitrogens with one attached hydrogen (secondary N) is 1. The zero-order chi connectivity index (χ0) is 34.2. The molecule has 1 spiro atoms. The molecule has 12 heteroatoms. The highest BCUT2D eigenvalue weighted by Crippen LogP contribution is 2.59. The van der Waals surface area contributed by atoms with Gasteiger partial charge in [-0.15, -0.1) is 0 Å². The van der Waals surface area contributed by atoms with E-state index in [9.17, 15) is 24.3 Å². The number of allylic oxidation sites excluding steroid dienone is 1. The number of fused-ring (bicyclic) bond motifs is 2. The third kappa shape index (κ3) is 5.99. The smallest absolute Gasteiger partial charge is 0.313 e. The second kappa shape index (κ2) is 13.9. The number of methoxy groups -OCH3 is 1. The van der Waals surface area contributed by atoms with E-state index >= 15 is 0 Å². The molecule has 11 nitrogen and oxygen atoms in total. The third-order valence-corrected chi connectivity index (χ3v) is 10.3. The van der Waals surface area contributed by atoms with E-state index in [0.29, 0.717) is 22.2 Å². The van der Waals surface area contributed by atoms with Gasteiger partial charge in [0.2, 0.25) is 11.8 Å². The van der Waals surface area contributed by atoms with Gasteiger partial charge < -0.3 is 34.4 Å². The van der Waals surface area contributed by atoms with Crippen LogP contribution in [0, 0.1) is 25.7 Å². The van der Waals surface area contributed by atoms with Crippen molar-refractivity contribution in [1.29, 1.82) is 0 Å². The highest BCUT2D eigenvalue weighted by atomic mass is 79.9. The van der Waals surface area contributed by atoms with E-state index in [2.05, 4.69) is 21.2 Å². The number of aliphatic hydroxyl groups excluding tert-OH is 1. The van der Waals surface area contributed by atoms with Crippen LogP contribution in [0.15, 0.2) is 71.2 Å². The van der Waals surface area contributed by atoms with Crippen molar-refractivity contribution < 1.29 is 38.5 Å². The van der Waals surface area contributed by atoms with Crippen molar-refractivity contribution in [3.8, 4) is 0 Å². The Hall–Kier alpha value is -3.84. The van der Waals surface area contributed by atoms with Gasteiger partial charge in [-0.05, 0) is 49.1 Å². The molecular formula is C36H40BrN3O8. The van der Waals surface area contributed by atoms with E-state index in [4.69, 9.17) is 14.2 Å². The number of β-amino-alcohol motifs (C(OH)–C–C–N with tert-alkyl or cyclic N) is 1. The van der Waals surface area contributed by atoms with E-state index in [1.54, 1.807) is 23.1 Å². The average molecular weight is 723 g/mol. The monoisotopic (exact) mass is 721 g/mol. The molecule has 5 bridgehead atoms. The van der Waals surface area contributed by atoms with Crippen LogP contribution < -0.4 is 10.2 Å². The summed E-state index contributed by atoms with van der Waals surface area (Å²) in [6.07, 6.45) is 4.14. The summed E-state index contributed by atoms with van der Waals surface area (Å²) < 4.78 is 18.8. The number of nitrogens with zero attached hydrogens (tertiary/aromatic N) is 2. The number of carbonyl (C=O) groups excluding carboxylic acids is 4. The van der Waals surface area contributed by atoms with Gasteiger partial charge >= 0.3 is 5.97 Å². The molecule has 2 aromatic carbocycles. The fourth-order valence-electron chi connectivity index (χ4n) is 7.48. The van der Waals surface area contributed by atoms with Crippen LogP contribution in [0.1, 0.15) is 35.6 Å². The number of hydrogen-bond acceptors (Lipinski definition) is 8. The maximum Gasteiger partial charge on any atom is 0.313 e. The number of ether oxygens (including phenoxy) is 3. The van der Waals surface area contributed by atoms with Crippen LogP contribution in [-0.2, 0) is 33.4 Å². The van der Waals surface area contributed by atoms with Gasteiger partial charge in [-0.3, -0.25) is 19.2 Å². The van der Waals surface area contributed by atoms with Crippen molar-refractivity contribution in [2.24, 2.45) is 11.8 Å². The molecule has 0 radical (unpaired) electrons. The van der Waals surface area contributed by atoms with Gasteiger partial charge in [0.25, 0.3) is 5.91 Å². The Morgan fingerprint density at radius 3 is 2.54 bits per heavy atom. The van der Waals surface area contributed by atoms with Crippen LogP contribution in [0.25, 0.3) is 0 Å². The van der Waals surface area contributed by atoms with E-state index in [1.165, 1.54) is 12.0 Å². The Morgan fingerprint density at radius 1 is 1.04 bits per heavy atom. The Labute approximate surface area is 288 Å². The van der Waals surface area contributed by atoms with Crippen molar-refractivity contribution in [3.05, 3.63) is 87.9 Å². The number of anilines is 1. The maximum atomic E-state index is 14.9. The van der Waals surface area contributed by atoms with Gasteiger partial charge in [-0.25, -0.2) is 0 Å². The molecule has 254 valence electrons. The number of cyclic esters (lactones) is 1. The van der Waals surface area contributed by atoms with Gasteiger partial charge in [0.05, 0.1) is 25.2 Å². The van der Waals surface area contributed by atoms with Crippen LogP contribution in [0.2, 0.25) is 0 Å². The van der Waals surface area contributed by atoms with Crippen LogP contribution in [-0.4, -0.2) is 90.9 Å². The summed E-state index contributed by atoms with van der Waals surface area (Å²) in [4.78, 5) is 59.8. The van der Waals surface area contributed by atoms with Crippen molar-refractivity contribution in [1.82, 2.24) is 10.2 Å². The summed E-state index contributed by atoms with van der Waals surface area (Å²) in [7, 11) is 1.50. The number of amides is 3. The molecule has 2 fully saturated rings. The number of aliphatic hydroxyl groups is 1. The lowest BCUT2D eigenvalue weighted by molar-refractivity contribution is -0.162. The van der Waals surface area contributed by atoms with Gasteiger partial charge in [0, 0.05) is 36.8 Å². The molecule has 0 saturated carbocycles. The first kappa shape index (κ1) is 34.0. The molecule has 4 heterocycles. The molecule has 0 aliphatic carbocycles. The predicted octanol–water partition coefficient (Wildman–Crippen LogP) is 3.27. The number of likely N-dealkylation sites (tertiary alicyclic amines) is 1. The van der Waals surface area contributed by atoms with Crippen LogP contribution in [0.5, 0.6) is 0 Å². The van der Waals surface area contributed by atoms with E-state index in [1.807, 2.05) is 62.4 Å². The summed E-state index contributed by atoms with van der Waals surface area (Å²) in [5.41, 5.74) is 1.60. The lowest BCUT2D eigenvalue weighted by Crippen LogP contribution is -2.56. The minimum absolute atomic E-state index is 0.0561. The van der Waals surface area contributed by atoms with Gasteiger partial charge in [0.15, 0.2) is 0 Å². The fourth-order valence-corrected chi connectivity index (χ4v) is 8.22. The van der Waals surface area contributed by atoms with Gasteiger partial charge in [0.1, 0.15) is 29.8 Å². The number of aryl methyl sites for hydroxylation is 2. The lowest BCUT2D eigenvalue weighted by atomic mass is 9.74. The SMILES string of the molecule is COC[C@H]1NC(=O)CC/C=C\CN(c2cc(C)ccc2C)C(=O)[C@@H]2N(CCO)C(=O)[C@H]3[C@H](C(=O)O[C@@H]1c1ccccc1)[C@H]1O[C@@]23C=C1Br. The highest BCUT2D eigenvalue weighted by molar-refractivity contribution is 9.11. The number of benzene rings is 2. The highest BCUT2D eigenvalue weighted by Gasteiger charge is 2.75. The summed E-state index contributed by atoms with van der Waals surface area (Å²) >= 11 is 3.58. The summed E-state index contributed by atoms with van der Waals surface area (Å²) in [6.45, 7) is 3.54. The molecule has 7 atom stereocenters. The van der Waals surface area contributed by atoms with E-state index in [-0.39, 0.29) is 38.6 Å². The van der Waals surface area contributed by atoms with Crippen molar-refractivity contribution in [3.63, 3.8) is 0 Å². The molecule has 4 aliphatic heterocycles. The largest absolute Gasteiger partial charge is 0.455 e. The quantitative estimate of drug-likeness (QED) is 0.343. The standard InChI is InChI=1S/C36H40BrN3O8/c1-21-13-14-22(2)26(18-21)39-15-9-5-8-12-27(42)38-25(20-46-3)30(23-10-6-4-7-11-23)47-35(45)28-29-33(43)40(16-17-41)32(34(39)44)36(29)19-24(37)31(28)48-36/h4-7,9-11,13-14,18-19,25,28-32,41H,8,12,15-17,20H2,1-3H3,(H,38,42)/b9-5-/t25-,28+,29-,30-,31+,32+,36-/m1/s1. The number of hydrogen-bond donors (Lipinski definition) is 2. The maximum absolute atomic E-state index is 14.9. The normalized spacial score (nSPS) is 31.4. The summed E-state index contributed by atoms with van der Waals surface area (Å²) in [6, 6.07) is 12.9. The topological polar surface area (TPSA) is 135 Å². The third-order valence-electron chi connectivity index (χ3n) is 9.62. The molecule has 6 rings (SSSR count). The number of halogens is 1. The zero-order valence-electron chi connectivity index (χ0n) is 27.1. The van der Waals surface area contributed by atoms with Gasteiger partial charge in [-0.2, -0.15) is 0 Å². The minimum Gasteiger partial charge on any atom is -0.455 e. The van der Waals surface area contributed by atoms with E-state index in [0.717, 1.165) is 11.1 Å². The Morgan fingerprint density at radius 2 is 1.81 bits per heavy atom. The fraction of sp³-hybridized carbons (Fsp3) is 0.444. The van der Waals surface area contributed by atoms with Crippen LogP contribution in [0.4, 0.5) is 5.69 Å². The molecule has 0 unspecified atom stereocenters. The summed E-state index contributed by atoms with van der Waals surface area (Å²) in [5, 5.41) is 13.1. The van der Waals surface area contributed by atoms with E-state index < -0.39 is 59.5 Å². The van der Waals surface area contributed by atoms with Crippen molar-refractivity contribution in [2.45, 2.75) is 56.6 Å². The Bertz CT molecular complexity index is 1650. The second-order valence-corrected chi connectivity index (χ2v) is 13.6. The Balaban J connectivity index is 1.48. The van der Waals surface area contributed by atoms with Crippen LogP contribution in [0.3, 0.4) is 0 Å². The average Bonchev–Trinajstić information content (AvgIpc) is 3.66. The van der Waals surface area contributed by atoms with Crippen LogP contribution >= 0.6 is 15.9 Å². The number of rotatable bonds is 6. The number of esters is 1. The first-order chi connectivity index (χ1) is 23.1. The van der Waals surface area contributed by atoms with Gasteiger partial charge in [-0.1, -0.05) is 70.5 Å². The van der Waals surface area contributed by atoms with Crippen molar-refractivity contribution >= 4 is 45.3 Å². The molecule has 3 amide bonds. The second-order valence-electron chi connectivity index (χ2n) is 12.7. The predicted molar refractivity (Wildman–Crippen MR) is 180 cm³/mol. The molecular weight excluding hydrogens is 682 g/mol. The molecule has 2 N–H and O–H groups in total.